The topological polar surface area (TPSA) is 95.9 Å². The van der Waals surface area contributed by atoms with Gasteiger partial charge in [0.2, 0.25) is 5.91 Å². The Kier molecular flexibility index (Phi) is 11.6. The van der Waals surface area contributed by atoms with Gasteiger partial charge in [0.1, 0.15) is 11.8 Å². The molecule has 7 nitrogen and oxygen atoms in total. The van der Waals surface area contributed by atoms with Crippen LogP contribution in [0.4, 0.5) is 11.4 Å². The molecule has 4 aromatic rings. The lowest BCUT2D eigenvalue weighted by molar-refractivity contribution is -0.137. The van der Waals surface area contributed by atoms with Gasteiger partial charge in [-0.1, -0.05) is 98.5 Å². The zero-order valence-corrected chi connectivity index (χ0v) is 26.1. The summed E-state index contributed by atoms with van der Waals surface area (Å²) in [5.41, 5.74) is 3.17. The molecule has 0 aromatic heterocycles. The molecule has 5 rings (SSSR count). The molecule has 0 radical (unpaired) electrons. The van der Waals surface area contributed by atoms with Crippen LogP contribution in [0.5, 0.6) is 5.75 Å². The number of carbonyl (C=O) groups excluding carboxylic acids is 2. The first kappa shape index (κ1) is 32.5. The van der Waals surface area contributed by atoms with Crippen molar-refractivity contribution in [3.8, 4) is 5.75 Å². The number of anilines is 2. The Bertz CT molecular complexity index is 1570. The van der Waals surface area contributed by atoms with Gasteiger partial charge in [-0.05, 0) is 60.7 Å². The van der Waals surface area contributed by atoms with Crippen LogP contribution in [0.2, 0.25) is 0 Å². The van der Waals surface area contributed by atoms with Crippen LogP contribution < -0.4 is 15.0 Å². The minimum Gasteiger partial charge on any atom is -0.494 e. The molecule has 1 atom stereocenters. The molecule has 0 heterocycles. The number of nitrogens with zero attached hydrogens (tertiary/aromatic N) is 1. The van der Waals surface area contributed by atoms with Crippen LogP contribution in [0.3, 0.4) is 0 Å². The maximum absolute atomic E-state index is 13.2. The lowest BCUT2D eigenvalue weighted by Crippen LogP contribution is -2.32. The summed E-state index contributed by atoms with van der Waals surface area (Å²) in [6.45, 7) is 1.02. The van der Waals surface area contributed by atoms with Crippen molar-refractivity contribution in [2.45, 2.75) is 57.4 Å². The third kappa shape index (κ3) is 9.07. The molecule has 46 heavy (non-hydrogen) atoms. The van der Waals surface area contributed by atoms with E-state index in [1.54, 1.807) is 48.5 Å². The molecule has 1 aliphatic rings. The van der Waals surface area contributed by atoms with E-state index in [0.29, 0.717) is 54.5 Å². The quantitative estimate of drug-likeness (QED) is 0.0983. The van der Waals surface area contributed by atoms with Gasteiger partial charge in [-0.2, -0.15) is 0 Å². The zero-order chi connectivity index (χ0) is 32.1. The van der Waals surface area contributed by atoms with Crippen molar-refractivity contribution >= 4 is 29.0 Å². The van der Waals surface area contributed by atoms with E-state index in [0.717, 1.165) is 17.7 Å². The smallest absolute Gasteiger partial charge is 0.326 e. The summed E-state index contributed by atoms with van der Waals surface area (Å²) in [6.07, 6.45) is 7.47. The first-order valence-electron chi connectivity index (χ1n) is 16.2. The summed E-state index contributed by atoms with van der Waals surface area (Å²) in [5.74, 6) is 0.337. The van der Waals surface area contributed by atoms with Crippen molar-refractivity contribution in [2.24, 2.45) is 5.92 Å². The number of ether oxygens (including phenoxy) is 1. The third-order valence-corrected chi connectivity index (χ3v) is 8.60. The molecule has 0 spiro atoms. The Morgan fingerprint density at radius 3 is 2.17 bits per heavy atom. The number of carbonyl (C=O) groups is 3. The van der Waals surface area contributed by atoms with Crippen LogP contribution in [0.1, 0.15) is 66.4 Å². The third-order valence-electron chi connectivity index (χ3n) is 8.60. The van der Waals surface area contributed by atoms with Crippen molar-refractivity contribution < 1.29 is 24.2 Å². The van der Waals surface area contributed by atoms with Gasteiger partial charge in [0.05, 0.1) is 6.61 Å². The van der Waals surface area contributed by atoms with Gasteiger partial charge < -0.3 is 20.1 Å². The van der Waals surface area contributed by atoms with E-state index in [2.05, 4.69) is 5.32 Å². The number of ketones is 1. The Balaban J connectivity index is 1.14. The summed E-state index contributed by atoms with van der Waals surface area (Å²) in [6, 6.07) is 32.2. The molecule has 7 heteroatoms. The largest absolute Gasteiger partial charge is 0.494 e. The van der Waals surface area contributed by atoms with Crippen molar-refractivity contribution in [1.82, 2.24) is 0 Å². The highest BCUT2D eigenvalue weighted by Crippen LogP contribution is 2.29. The van der Waals surface area contributed by atoms with Gasteiger partial charge in [0.15, 0.2) is 5.78 Å². The fourth-order valence-electron chi connectivity index (χ4n) is 6.08. The second kappa shape index (κ2) is 16.4. The summed E-state index contributed by atoms with van der Waals surface area (Å²) in [5, 5.41) is 13.1. The summed E-state index contributed by atoms with van der Waals surface area (Å²) in [4.78, 5) is 40.4. The fraction of sp³-hybridized carbons (Fsp3) is 0.308. The van der Waals surface area contributed by atoms with E-state index >= 15 is 0 Å². The number of hydrogen-bond acceptors (Lipinski definition) is 5. The minimum atomic E-state index is -1.01. The maximum atomic E-state index is 13.2. The van der Waals surface area contributed by atoms with Crippen LogP contribution in [0.15, 0.2) is 109 Å². The van der Waals surface area contributed by atoms with E-state index in [1.165, 1.54) is 25.7 Å². The SMILES string of the molecule is O=C(c1ccccc1)c1ccccc1N[C@@H](Cc1ccc(OCCCN(C(=O)CCC2CCCC2)c2ccccc2)cc1)C(=O)O. The number of aliphatic carboxylic acids is 1. The Morgan fingerprint density at radius 2 is 1.48 bits per heavy atom. The van der Waals surface area contributed by atoms with Gasteiger partial charge in [-0.3, -0.25) is 9.59 Å². The maximum Gasteiger partial charge on any atom is 0.326 e. The van der Waals surface area contributed by atoms with Crippen LogP contribution in [0.25, 0.3) is 0 Å². The number of nitrogens with one attached hydrogen (secondary N) is 1. The van der Waals surface area contributed by atoms with Gasteiger partial charge in [-0.15, -0.1) is 0 Å². The number of carboxylic acid groups (broad SMARTS) is 1. The molecule has 0 bridgehead atoms. The number of rotatable bonds is 16. The fourth-order valence-corrected chi connectivity index (χ4v) is 6.08. The second-order valence-corrected chi connectivity index (χ2v) is 11.9. The van der Waals surface area contributed by atoms with Gasteiger partial charge in [0.25, 0.3) is 0 Å². The first-order chi connectivity index (χ1) is 22.5. The van der Waals surface area contributed by atoms with Crippen LogP contribution in [0, 0.1) is 5.92 Å². The number of hydrogen-bond donors (Lipinski definition) is 2. The average molecular weight is 619 g/mol. The summed E-state index contributed by atoms with van der Waals surface area (Å²) in [7, 11) is 0. The van der Waals surface area contributed by atoms with Crippen molar-refractivity contribution in [1.29, 1.82) is 0 Å². The first-order valence-corrected chi connectivity index (χ1v) is 16.2. The van der Waals surface area contributed by atoms with Crippen molar-refractivity contribution in [3.63, 3.8) is 0 Å². The van der Waals surface area contributed by atoms with Gasteiger partial charge in [0, 0.05) is 41.9 Å². The molecule has 0 aliphatic heterocycles. The molecule has 238 valence electrons. The van der Waals surface area contributed by atoms with Crippen LogP contribution in [-0.2, 0) is 16.0 Å². The zero-order valence-electron chi connectivity index (χ0n) is 26.1. The Hall–Kier alpha value is -4.91. The minimum absolute atomic E-state index is 0.163. The molecule has 2 N–H and O–H groups in total. The van der Waals surface area contributed by atoms with Crippen molar-refractivity contribution in [3.05, 3.63) is 126 Å². The van der Waals surface area contributed by atoms with Crippen molar-refractivity contribution in [2.75, 3.05) is 23.4 Å². The van der Waals surface area contributed by atoms with Gasteiger partial charge in [-0.25, -0.2) is 4.79 Å². The van der Waals surface area contributed by atoms with E-state index in [4.69, 9.17) is 4.74 Å². The summed E-state index contributed by atoms with van der Waals surface area (Å²) < 4.78 is 5.99. The Morgan fingerprint density at radius 1 is 0.826 bits per heavy atom. The predicted octanol–water partition coefficient (Wildman–Crippen LogP) is 7.80. The molecular formula is C39H42N2O5. The monoisotopic (exact) mass is 618 g/mol. The normalized spacial score (nSPS) is 13.6. The number of para-hydroxylation sites is 2. The average Bonchev–Trinajstić information content (AvgIpc) is 3.62. The highest BCUT2D eigenvalue weighted by atomic mass is 16.5. The van der Waals surface area contributed by atoms with E-state index < -0.39 is 12.0 Å². The molecular weight excluding hydrogens is 576 g/mol. The van der Waals surface area contributed by atoms with E-state index in [9.17, 15) is 19.5 Å². The van der Waals surface area contributed by atoms with Gasteiger partial charge >= 0.3 is 5.97 Å². The molecule has 1 saturated carbocycles. The van der Waals surface area contributed by atoms with E-state index in [1.807, 2.05) is 65.6 Å². The molecule has 1 fully saturated rings. The highest BCUT2D eigenvalue weighted by molar-refractivity contribution is 6.12. The lowest BCUT2D eigenvalue weighted by Gasteiger charge is -2.24. The predicted molar refractivity (Wildman–Crippen MR) is 182 cm³/mol. The molecule has 1 aliphatic carbocycles. The highest BCUT2D eigenvalue weighted by Gasteiger charge is 2.22. The summed E-state index contributed by atoms with van der Waals surface area (Å²) >= 11 is 0. The number of benzene rings is 4. The lowest BCUT2D eigenvalue weighted by atomic mass is 10.00. The van der Waals surface area contributed by atoms with E-state index in [-0.39, 0.29) is 18.1 Å². The molecule has 0 unspecified atom stereocenters. The number of amides is 1. The Labute approximate surface area is 271 Å². The standard InChI is InChI=1S/C39H42N2O5/c42-37(25-22-29-12-7-8-13-29)41(32-16-5-2-6-17-32)26-11-27-46-33-23-20-30(21-24-33)28-36(39(44)45)40-35-19-10-9-18-34(35)38(43)31-14-3-1-4-15-31/h1-6,9-10,14-21,23-24,29,36,40H,7-8,11-13,22,25-28H2,(H,44,45)/t36-/m0/s1. The van der Waals surface area contributed by atoms with Crippen LogP contribution in [-0.4, -0.2) is 42.0 Å². The number of carboxylic acids is 1. The molecule has 1 amide bonds. The van der Waals surface area contributed by atoms with Crippen LogP contribution >= 0.6 is 0 Å². The molecule has 4 aromatic carbocycles. The molecule has 0 saturated heterocycles. The second-order valence-electron chi connectivity index (χ2n) is 11.9.